The molecule has 0 aliphatic carbocycles. The number of esters is 1. The molecule has 122 valence electrons. The summed E-state index contributed by atoms with van der Waals surface area (Å²) in [5.74, 6) is -1.72. The van der Waals surface area contributed by atoms with Gasteiger partial charge in [-0.15, -0.1) is 0 Å². The molecule has 0 fully saturated rings. The average molecular weight is 317 g/mol. The third-order valence-corrected chi connectivity index (χ3v) is 3.00. The van der Waals surface area contributed by atoms with E-state index in [1.165, 1.54) is 6.92 Å². The van der Waals surface area contributed by atoms with Gasteiger partial charge < -0.3 is 10.1 Å². The smallest absolute Gasteiger partial charge is 0.405 e. The van der Waals surface area contributed by atoms with Gasteiger partial charge in [-0.2, -0.15) is 13.2 Å². The summed E-state index contributed by atoms with van der Waals surface area (Å²) in [6, 6.07) is 3.58. The van der Waals surface area contributed by atoms with Crippen molar-refractivity contribution in [1.82, 2.24) is 5.32 Å². The van der Waals surface area contributed by atoms with Crippen LogP contribution in [0.15, 0.2) is 12.1 Å². The second-order valence-corrected chi connectivity index (χ2v) is 5.15. The molecule has 0 aliphatic heterocycles. The van der Waals surface area contributed by atoms with Crippen molar-refractivity contribution in [2.75, 3.05) is 6.54 Å². The zero-order valence-electron chi connectivity index (χ0n) is 12.8. The fraction of sp³-hybridized carbons (Fsp3) is 0.467. The third kappa shape index (κ3) is 5.05. The molecule has 0 aliphatic rings. The van der Waals surface area contributed by atoms with Crippen LogP contribution in [0.3, 0.4) is 0 Å². The number of hydrogen-bond donors (Lipinski definition) is 1. The number of carbonyl (C=O) groups is 2. The fourth-order valence-corrected chi connectivity index (χ4v) is 2.11. The number of aryl methyl sites for hydroxylation is 3. The van der Waals surface area contributed by atoms with E-state index in [0.717, 1.165) is 5.56 Å². The summed E-state index contributed by atoms with van der Waals surface area (Å²) in [6.45, 7) is 5.09. The van der Waals surface area contributed by atoms with Crippen LogP contribution >= 0.6 is 0 Å². The fourth-order valence-electron chi connectivity index (χ4n) is 2.11. The maximum absolute atomic E-state index is 12.1. The number of benzene rings is 1. The van der Waals surface area contributed by atoms with Crippen LogP contribution in [0.25, 0.3) is 0 Å². The maximum Gasteiger partial charge on any atom is 0.405 e. The van der Waals surface area contributed by atoms with Crippen molar-refractivity contribution in [3.05, 3.63) is 34.4 Å². The Kier molecular flexibility index (Phi) is 5.57. The van der Waals surface area contributed by atoms with Crippen LogP contribution in [0.4, 0.5) is 13.2 Å². The molecule has 1 atom stereocenters. The molecule has 4 nitrogen and oxygen atoms in total. The minimum atomic E-state index is -4.51. The van der Waals surface area contributed by atoms with Crippen LogP contribution < -0.4 is 5.32 Å². The number of ether oxygens (including phenoxy) is 1. The Hall–Kier alpha value is -2.05. The molecule has 1 aromatic rings. The van der Waals surface area contributed by atoms with Crippen molar-refractivity contribution in [1.29, 1.82) is 0 Å². The van der Waals surface area contributed by atoms with Gasteiger partial charge in [0.25, 0.3) is 5.91 Å². The van der Waals surface area contributed by atoms with Gasteiger partial charge in [0.1, 0.15) is 6.54 Å². The Morgan fingerprint density at radius 2 is 1.68 bits per heavy atom. The van der Waals surface area contributed by atoms with Crippen LogP contribution in [0.2, 0.25) is 0 Å². The van der Waals surface area contributed by atoms with E-state index >= 15 is 0 Å². The van der Waals surface area contributed by atoms with Crippen molar-refractivity contribution >= 4 is 11.9 Å². The standard InChI is InChI=1S/C15H18F3NO3/c1-8-5-9(2)12(10(3)6-8)14(21)22-11(4)13(20)19-7-15(16,17)18/h5-6,11H,7H2,1-4H3,(H,19,20). The van der Waals surface area contributed by atoms with Crippen LogP contribution in [0.5, 0.6) is 0 Å². The molecule has 1 rings (SSSR count). The molecule has 0 spiro atoms. The van der Waals surface area contributed by atoms with Gasteiger partial charge >= 0.3 is 12.1 Å². The molecule has 0 radical (unpaired) electrons. The molecular weight excluding hydrogens is 299 g/mol. The second kappa shape index (κ2) is 6.81. The summed E-state index contributed by atoms with van der Waals surface area (Å²) in [7, 11) is 0. The zero-order valence-corrected chi connectivity index (χ0v) is 12.8. The lowest BCUT2D eigenvalue weighted by molar-refractivity contribution is -0.143. The van der Waals surface area contributed by atoms with Crippen LogP contribution in [0.1, 0.15) is 34.0 Å². The second-order valence-electron chi connectivity index (χ2n) is 5.15. The first-order chi connectivity index (χ1) is 10.0. The number of carbonyl (C=O) groups excluding carboxylic acids is 2. The van der Waals surface area contributed by atoms with Crippen LogP contribution in [-0.4, -0.2) is 30.7 Å². The topological polar surface area (TPSA) is 55.4 Å². The number of halogens is 3. The van der Waals surface area contributed by atoms with Crippen molar-refractivity contribution in [2.24, 2.45) is 0 Å². The highest BCUT2D eigenvalue weighted by atomic mass is 19.4. The quantitative estimate of drug-likeness (QED) is 0.869. The molecule has 0 bridgehead atoms. The van der Waals surface area contributed by atoms with E-state index in [0.29, 0.717) is 16.7 Å². The van der Waals surface area contributed by atoms with Gasteiger partial charge in [0.15, 0.2) is 6.10 Å². The molecule has 0 heterocycles. The van der Waals surface area contributed by atoms with E-state index in [-0.39, 0.29) is 0 Å². The normalized spacial score (nSPS) is 12.7. The van der Waals surface area contributed by atoms with Gasteiger partial charge in [0, 0.05) is 0 Å². The maximum atomic E-state index is 12.1. The summed E-state index contributed by atoms with van der Waals surface area (Å²) < 4.78 is 41.0. The molecule has 0 saturated carbocycles. The van der Waals surface area contributed by atoms with E-state index in [9.17, 15) is 22.8 Å². The number of rotatable bonds is 4. The molecular formula is C15H18F3NO3. The van der Waals surface area contributed by atoms with Crippen LogP contribution in [-0.2, 0) is 9.53 Å². The number of alkyl halides is 3. The lowest BCUT2D eigenvalue weighted by Crippen LogP contribution is -2.40. The van der Waals surface area contributed by atoms with Crippen LogP contribution in [0, 0.1) is 20.8 Å². The molecule has 1 aromatic carbocycles. The predicted molar refractivity (Wildman–Crippen MR) is 74.6 cm³/mol. The summed E-state index contributed by atoms with van der Waals surface area (Å²) in [5.41, 5.74) is 2.67. The van der Waals surface area contributed by atoms with E-state index < -0.39 is 30.7 Å². The molecule has 1 unspecified atom stereocenters. The summed E-state index contributed by atoms with van der Waals surface area (Å²) >= 11 is 0. The number of amides is 1. The van der Waals surface area contributed by atoms with Crippen molar-refractivity contribution in [3.8, 4) is 0 Å². The van der Waals surface area contributed by atoms with E-state index in [1.54, 1.807) is 31.3 Å². The van der Waals surface area contributed by atoms with Gasteiger partial charge in [0.05, 0.1) is 5.56 Å². The van der Waals surface area contributed by atoms with E-state index in [2.05, 4.69) is 0 Å². The monoisotopic (exact) mass is 317 g/mol. The Labute approximate surface area is 126 Å². The van der Waals surface area contributed by atoms with Crippen molar-refractivity contribution in [2.45, 2.75) is 40.0 Å². The first-order valence-corrected chi connectivity index (χ1v) is 6.64. The minimum Gasteiger partial charge on any atom is -0.449 e. The summed E-state index contributed by atoms with van der Waals surface area (Å²) in [6.07, 6.45) is -5.82. The SMILES string of the molecule is Cc1cc(C)c(C(=O)OC(C)C(=O)NCC(F)(F)F)c(C)c1. The first kappa shape index (κ1) is 18.0. The van der Waals surface area contributed by atoms with Gasteiger partial charge in [0.2, 0.25) is 0 Å². The summed E-state index contributed by atoms with van der Waals surface area (Å²) in [5, 5.41) is 1.68. The highest BCUT2D eigenvalue weighted by Gasteiger charge is 2.29. The highest BCUT2D eigenvalue weighted by molar-refractivity contribution is 5.94. The van der Waals surface area contributed by atoms with Gasteiger partial charge in [-0.3, -0.25) is 4.79 Å². The Morgan fingerprint density at radius 3 is 2.14 bits per heavy atom. The Bertz CT molecular complexity index is 559. The molecule has 0 saturated heterocycles. The summed E-state index contributed by atoms with van der Waals surface area (Å²) in [4.78, 5) is 23.6. The van der Waals surface area contributed by atoms with Crippen molar-refractivity contribution in [3.63, 3.8) is 0 Å². The predicted octanol–water partition coefficient (Wildman–Crippen LogP) is 2.84. The third-order valence-electron chi connectivity index (χ3n) is 3.00. The molecule has 0 aromatic heterocycles. The lowest BCUT2D eigenvalue weighted by Gasteiger charge is -2.16. The largest absolute Gasteiger partial charge is 0.449 e. The average Bonchev–Trinajstić information content (AvgIpc) is 2.33. The molecule has 1 amide bonds. The van der Waals surface area contributed by atoms with Gasteiger partial charge in [-0.1, -0.05) is 17.7 Å². The van der Waals surface area contributed by atoms with E-state index in [1.807, 2.05) is 6.92 Å². The molecule has 1 N–H and O–H groups in total. The van der Waals surface area contributed by atoms with E-state index in [4.69, 9.17) is 4.74 Å². The van der Waals surface area contributed by atoms with Gasteiger partial charge in [-0.25, -0.2) is 4.79 Å². The minimum absolute atomic E-state index is 0.320. The number of hydrogen-bond acceptors (Lipinski definition) is 3. The zero-order chi connectivity index (χ0) is 17.1. The number of nitrogens with one attached hydrogen (secondary N) is 1. The van der Waals surface area contributed by atoms with Gasteiger partial charge in [-0.05, 0) is 38.8 Å². The van der Waals surface area contributed by atoms with Crippen molar-refractivity contribution < 1.29 is 27.5 Å². The first-order valence-electron chi connectivity index (χ1n) is 6.64. The highest BCUT2D eigenvalue weighted by Crippen LogP contribution is 2.18. The molecule has 22 heavy (non-hydrogen) atoms. The lowest BCUT2D eigenvalue weighted by atomic mass is 10.00. The molecule has 7 heteroatoms. The Balaban J connectivity index is 2.75. The Morgan fingerprint density at radius 1 is 1.18 bits per heavy atom.